The number of carbonyl (C=O) groups is 1. The summed E-state index contributed by atoms with van der Waals surface area (Å²) in [6.45, 7) is 0.367. The number of hydrogen-bond donors (Lipinski definition) is 1. The van der Waals surface area contributed by atoms with E-state index < -0.39 is 5.91 Å². The van der Waals surface area contributed by atoms with Gasteiger partial charge in [-0.15, -0.1) is 0 Å². The average Bonchev–Trinajstić information content (AvgIpc) is 2.74. The minimum Gasteiger partial charge on any atom is -0.487 e. The first-order valence-corrected chi connectivity index (χ1v) is 10.4. The summed E-state index contributed by atoms with van der Waals surface area (Å²) < 4.78 is 6.75. The third kappa shape index (κ3) is 5.87. The molecule has 3 aromatic carbocycles. The van der Waals surface area contributed by atoms with Gasteiger partial charge in [0.1, 0.15) is 24.0 Å². The highest BCUT2D eigenvalue weighted by Crippen LogP contribution is 2.28. The van der Waals surface area contributed by atoms with Crippen molar-refractivity contribution in [2.75, 3.05) is 5.32 Å². The third-order valence-corrected chi connectivity index (χ3v) is 5.22. The van der Waals surface area contributed by atoms with Crippen LogP contribution in [0.2, 0.25) is 10.0 Å². The van der Waals surface area contributed by atoms with Crippen LogP contribution in [-0.4, -0.2) is 5.91 Å². The molecule has 0 aliphatic rings. The van der Waals surface area contributed by atoms with E-state index >= 15 is 0 Å². The fourth-order valence-electron chi connectivity index (χ4n) is 2.53. The zero-order chi connectivity index (χ0) is 21.5. The number of anilines is 1. The maximum atomic E-state index is 12.4. The molecule has 0 aliphatic heterocycles. The summed E-state index contributed by atoms with van der Waals surface area (Å²) in [6, 6.07) is 21.5. The number of nitrogens with zero attached hydrogens (tertiary/aromatic N) is 1. The minimum absolute atomic E-state index is 0.0745. The number of benzene rings is 3. The van der Waals surface area contributed by atoms with E-state index in [1.165, 1.54) is 6.08 Å². The van der Waals surface area contributed by atoms with Crippen molar-refractivity contribution in [3.63, 3.8) is 0 Å². The molecule has 0 bridgehead atoms. The van der Waals surface area contributed by atoms with Gasteiger partial charge in [-0.2, -0.15) is 5.26 Å². The Morgan fingerprint density at radius 1 is 1.07 bits per heavy atom. The van der Waals surface area contributed by atoms with E-state index in [0.717, 1.165) is 10.0 Å². The maximum absolute atomic E-state index is 12.4. The molecule has 3 aromatic rings. The van der Waals surface area contributed by atoms with Crippen molar-refractivity contribution in [1.82, 2.24) is 0 Å². The molecule has 0 fully saturated rings. The zero-order valence-corrected chi connectivity index (χ0v) is 18.6. The Hall–Kier alpha value is -2.78. The van der Waals surface area contributed by atoms with Crippen LogP contribution in [0.1, 0.15) is 11.1 Å². The molecule has 0 saturated carbocycles. The van der Waals surface area contributed by atoms with Crippen LogP contribution >= 0.6 is 39.1 Å². The second-order valence-corrected chi connectivity index (χ2v) is 7.94. The van der Waals surface area contributed by atoms with E-state index in [-0.39, 0.29) is 5.57 Å². The number of ether oxygens (including phenoxy) is 1. The lowest BCUT2D eigenvalue weighted by Crippen LogP contribution is -2.13. The van der Waals surface area contributed by atoms with Crippen molar-refractivity contribution in [2.24, 2.45) is 0 Å². The van der Waals surface area contributed by atoms with Crippen LogP contribution in [0.15, 0.2) is 76.8 Å². The summed E-state index contributed by atoms with van der Waals surface area (Å²) in [6.07, 6.45) is 1.45. The predicted molar refractivity (Wildman–Crippen MR) is 124 cm³/mol. The number of nitrogens with one attached hydrogen (secondary N) is 1. The van der Waals surface area contributed by atoms with Crippen LogP contribution in [0.5, 0.6) is 5.75 Å². The van der Waals surface area contributed by atoms with E-state index in [1.54, 1.807) is 42.5 Å². The number of nitriles is 1. The van der Waals surface area contributed by atoms with E-state index in [1.807, 2.05) is 30.3 Å². The van der Waals surface area contributed by atoms with Crippen molar-refractivity contribution in [3.05, 3.63) is 97.9 Å². The topological polar surface area (TPSA) is 62.1 Å². The Bertz CT molecular complexity index is 1140. The van der Waals surface area contributed by atoms with Gasteiger partial charge in [-0.25, -0.2) is 0 Å². The van der Waals surface area contributed by atoms with Crippen molar-refractivity contribution in [1.29, 1.82) is 5.26 Å². The summed E-state index contributed by atoms with van der Waals surface area (Å²) in [7, 11) is 0. The molecule has 1 amide bonds. The molecule has 0 spiro atoms. The number of carbonyl (C=O) groups excluding carboxylic acids is 1. The molecule has 0 saturated heterocycles. The van der Waals surface area contributed by atoms with Gasteiger partial charge in [0.15, 0.2) is 0 Å². The molecule has 30 heavy (non-hydrogen) atoms. The molecule has 0 atom stereocenters. The third-order valence-electron chi connectivity index (χ3n) is 4.06. The number of hydrogen-bond acceptors (Lipinski definition) is 3. The van der Waals surface area contributed by atoms with E-state index in [9.17, 15) is 10.1 Å². The number of amides is 1. The molecule has 0 radical (unpaired) electrons. The van der Waals surface area contributed by atoms with Gasteiger partial charge in [0.05, 0.1) is 15.7 Å². The smallest absolute Gasteiger partial charge is 0.266 e. The Kier molecular flexibility index (Phi) is 7.53. The standard InChI is InChI=1S/C23H15BrCl2N2O2/c24-18-8-5-15(6-9-18)14-30-22-10-7-16(12-20(22)26)11-17(13-27)23(29)28-21-4-2-1-3-19(21)25/h1-12H,14H2,(H,28,29)/b17-11+. The first kappa shape index (κ1) is 21.9. The van der Waals surface area contributed by atoms with Crippen molar-refractivity contribution >= 4 is 56.8 Å². The van der Waals surface area contributed by atoms with Gasteiger partial charge in [0, 0.05) is 4.47 Å². The van der Waals surface area contributed by atoms with Crippen LogP contribution in [0.4, 0.5) is 5.69 Å². The quantitative estimate of drug-likeness (QED) is 0.295. The summed E-state index contributed by atoms with van der Waals surface area (Å²) in [5.41, 5.74) is 1.96. The molecular weight excluding hydrogens is 487 g/mol. The van der Waals surface area contributed by atoms with Crippen molar-refractivity contribution in [3.8, 4) is 11.8 Å². The summed E-state index contributed by atoms with van der Waals surface area (Å²) in [4.78, 5) is 12.4. The van der Waals surface area contributed by atoms with Crippen LogP contribution in [0, 0.1) is 11.3 Å². The number of rotatable bonds is 6. The minimum atomic E-state index is -0.558. The Balaban J connectivity index is 1.71. The highest BCUT2D eigenvalue weighted by Gasteiger charge is 2.12. The van der Waals surface area contributed by atoms with Gasteiger partial charge in [-0.1, -0.05) is 69.5 Å². The highest BCUT2D eigenvalue weighted by atomic mass is 79.9. The van der Waals surface area contributed by atoms with Gasteiger partial charge in [-0.05, 0) is 53.6 Å². The predicted octanol–water partition coefficient (Wildman–Crippen LogP) is 6.88. The first-order valence-electron chi connectivity index (χ1n) is 8.81. The van der Waals surface area contributed by atoms with Crippen LogP contribution < -0.4 is 10.1 Å². The lowest BCUT2D eigenvalue weighted by Gasteiger charge is -2.09. The van der Waals surface area contributed by atoms with E-state index in [4.69, 9.17) is 27.9 Å². The fraction of sp³-hybridized carbons (Fsp3) is 0.0435. The van der Waals surface area contributed by atoms with E-state index in [0.29, 0.717) is 33.7 Å². The average molecular weight is 502 g/mol. The molecule has 0 aromatic heterocycles. The fourth-order valence-corrected chi connectivity index (χ4v) is 3.22. The van der Waals surface area contributed by atoms with Crippen LogP contribution in [0.3, 0.4) is 0 Å². The van der Waals surface area contributed by atoms with Gasteiger partial charge in [-0.3, -0.25) is 4.79 Å². The Labute approximate surface area is 192 Å². The zero-order valence-electron chi connectivity index (χ0n) is 15.5. The Morgan fingerprint density at radius 2 is 1.80 bits per heavy atom. The van der Waals surface area contributed by atoms with Crippen LogP contribution in [0.25, 0.3) is 6.08 Å². The molecule has 0 unspecified atom stereocenters. The Morgan fingerprint density at radius 3 is 2.47 bits per heavy atom. The highest BCUT2D eigenvalue weighted by molar-refractivity contribution is 9.10. The number of halogens is 3. The second-order valence-electron chi connectivity index (χ2n) is 6.21. The normalized spacial score (nSPS) is 10.9. The van der Waals surface area contributed by atoms with Gasteiger partial charge >= 0.3 is 0 Å². The summed E-state index contributed by atoms with van der Waals surface area (Å²) in [5.74, 6) is -0.0481. The van der Waals surface area contributed by atoms with Crippen molar-refractivity contribution < 1.29 is 9.53 Å². The molecule has 3 rings (SSSR count). The maximum Gasteiger partial charge on any atom is 0.266 e. The molecule has 0 aliphatic carbocycles. The summed E-state index contributed by atoms with van der Waals surface area (Å²) >= 11 is 15.8. The second kappa shape index (κ2) is 10.3. The number of para-hydroxylation sites is 1. The monoisotopic (exact) mass is 500 g/mol. The van der Waals surface area contributed by atoms with Gasteiger partial charge in [0.25, 0.3) is 5.91 Å². The largest absolute Gasteiger partial charge is 0.487 e. The molecular formula is C23H15BrCl2N2O2. The van der Waals surface area contributed by atoms with E-state index in [2.05, 4.69) is 21.2 Å². The molecule has 150 valence electrons. The summed E-state index contributed by atoms with van der Waals surface area (Å²) in [5, 5.41) is 12.8. The molecule has 1 N–H and O–H groups in total. The lowest BCUT2D eigenvalue weighted by atomic mass is 10.1. The van der Waals surface area contributed by atoms with Gasteiger partial charge in [0.2, 0.25) is 0 Å². The van der Waals surface area contributed by atoms with Crippen LogP contribution in [-0.2, 0) is 11.4 Å². The SMILES string of the molecule is N#C/C(=C\c1ccc(OCc2ccc(Br)cc2)c(Cl)c1)C(=O)Nc1ccccc1Cl. The van der Waals surface area contributed by atoms with Crippen molar-refractivity contribution in [2.45, 2.75) is 6.61 Å². The first-order chi connectivity index (χ1) is 14.5. The molecule has 4 nitrogen and oxygen atoms in total. The van der Waals surface area contributed by atoms with Gasteiger partial charge < -0.3 is 10.1 Å². The molecule has 7 heteroatoms. The lowest BCUT2D eigenvalue weighted by molar-refractivity contribution is -0.112. The molecule has 0 heterocycles.